The molecule has 0 aromatic carbocycles. The van der Waals surface area contributed by atoms with Crippen LogP contribution >= 0.6 is 22.6 Å². The van der Waals surface area contributed by atoms with Crippen LogP contribution < -0.4 is 0 Å². The van der Waals surface area contributed by atoms with E-state index in [0.717, 1.165) is 25.7 Å². The van der Waals surface area contributed by atoms with Crippen molar-refractivity contribution in [2.75, 3.05) is 4.93 Å². The summed E-state index contributed by atoms with van der Waals surface area (Å²) in [4.78, 5) is 1.97. The van der Waals surface area contributed by atoms with E-state index in [1.54, 1.807) is 0 Å². The highest BCUT2D eigenvalue weighted by molar-refractivity contribution is 14.1. The Morgan fingerprint density at radius 2 is 0.543 bits per heavy atom. The molecule has 0 saturated heterocycles. The maximum absolute atomic E-state index is 2.49. The lowest BCUT2D eigenvalue weighted by atomic mass is 9.91. The number of rotatable bonds is 0. The fourth-order valence-corrected chi connectivity index (χ4v) is 12.7. The summed E-state index contributed by atoms with van der Waals surface area (Å²) in [5.74, 6) is 0. The van der Waals surface area contributed by atoms with Crippen LogP contribution in [0, 0.1) is 0 Å². The van der Waals surface area contributed by atoms with Crippen molar-refractivity contribution in [1.82, 2.24) is 0 Å². The van der Waals surface area contributed by atoms with Gasteiger partial charge in [0.25, 0.3) is 0 Å². The van der Waals surface area contributed by atoms with E-state index in [1.165, 1.54) is 201 Å². The third kappa shape index (κ3) is 8.28. The van der Waals surface area contributed by atoms with Crippen molar-refractivity contribution in [3.63, 3.8) is 0 Å². The molecule has 16 bridgehead atoms. The normalized spacial score (nSPS) is 22.7. The molecule has 0 radical (unpaired) electrons. The van der Waals surface area contributed by atoms with Gasteiger partial charge in [-0.25, -0.2) is 0 Å². The van der Waals surface area contributed by atoms with E-state index in [9.17, 15) is 0 Å². The van der Waals surface area contributed by atoms with E-state index in [-0.39, 0.29) is 0 Å². The molecule has 1 heteroatoms. The molecule has 0 aromatic rings. The van der Waals surface area contributed by atoms with Crippen molar-refractivity contribution in [1.29, 1.82) is 0 Å². The van der Waals surface area contributed by atoms with Crippen LogP contribution in [0.5, 0.6) is 0 Å². The van der Waals surface area contributed by atoms with E-state index >= 15 is 0 Å². The fourth-order valence-electron chi connectivity index (χ4n) is 12.7. The predicted octanol–water partition coefficient (Wildman–Crippen LogP) is 20.7. The van der Waals surface area contributed by atoms with E-state index in [4.69, 9.17) is 0 Å². The van der Waals surface area contributed by atoms with Gasteiger partial charge in [0.1, 0.15) is 0 Å². The Kier molecular flexibility index (Phi) is 14.1. The maximum Gasteiger partial charge on any atom is -0.00146 e. The molecular formula is C69H79I. The van der Waals surface area contributed by atoms with Gasteiger partial charge >= 0.3 is 0 Å². The van der Waals surface area contributed by atoms with Crippen LogP contribution in [0.3, 0.4) is 0 Å². The largest absolute Gasteiger partial charge is 0.0901 e. The first kappa shape index (κ1) is 51.4. The molecule has 10 aliphatic rings. The van der Waals surface area contributed by atoms with Crippen LogP contribution in [-0.4, -0.2) is 4.93 Å². The van der Waals surface area contributed by atoms with Gasteiger partial charge in [0.05, 0.1) is 0 Å². The number of fused-ring (bicyclic) bond motifs is 12. The molecule has 0 amide bonds. The molecule has 10 aliphatic carbocycles. The standard InChI is InChI=1S/C36H42.C32H34.CH3I/c1-17-18(2)30-13-29(17)25(9)31-14-33(20(4)19(31)3)27(11)35-16-36(24(8)23(35)7)28(12)34-15-32(26(30)10)21(5)22(34)6;1-17-18(2)26-9-25(17)13-27-10-29(20(4)19(27)3)15-31-12-32(24(8)23(31)7)16-30-11-28(14-26)21(5)22(30)6;1-2/h13,16H,14-15H2,1-12H3;9,12-16H,10-11H2,1-8H3;1H3. The molecule has 70 heavy (non-hydrogen) atoms. The van der Waals surface area contributed by atoms with Crippen molar-refractivity contribution in [3.8, 4) is 0 Å². The van der Waals surface area contributed by atoms with E-state index in [2.05, 4.69) is 210 Å². The quantitative estimate of drug-likeness (QED) is 0.168. The maximum atomic E-state index is 2.49. The van der Waals surface area contributed by atoms with Gasteiger partial charge in [-0.3, -0.25) is 0 Å². The summed E-state index contributed by atoms with van der Waals surface area (Å²) in [6, 6.07) is 0. The molecule has 0 aliphatic heterocycles. The highest BCUT2D eigenvalue weighted by Crippen LogP contribution is 2.51. The van der Waals surface area contributed by atoms with Gasteiger partial charge in [-0.2, -0.15) is 0 Å². The molecule has 0 fully saturated rings. The number of alkyl halides is 1. The number of allylic oxidation sites excluding steroid dienone is 44. The van der Waals surface area contributed by atoms with E-state index < -0.39 is 0 Å². The van der Waals surface area contributed by atoms with Gasteiger partial charge in [0.15, 0.2) is 0 Å². The van der Waals surface area contributed by atoms with Crippen molar-refractivity contribution < 1.29 is 0 Å². The van der Waals surface area contributed by atoms with Crippen LogP contribution in [0.15, 0.2) is 249 Å². The first-order chi connectivity index (χ1) is 33.0. The average molecular weight is 1040 g/mol. The molecule has 0 spiro atoms. The summed E-state index contributed by atoms with van der Waals surface area (Å²) < 4.78 is 0. The van der Waals surface area contributed by atoms with Crippen LogP contribution in [-0.2, 0) is 0 Å². The third-order valence-corrected chi connectivity index (χ3v) is 19.0. The van der Waals surface area contributed by atoms with Crippen molar-refractivity contribution >= 4 is 22.6 Å². The lowest BCUT2D eigenvalue weighted by Crippen LogP contribution is -1.95. The van der Waals surface area contributed by atoms with Crippen molar-refractivity contribution in [3.05, 3.63) is 249 Å². The Bertz CT molecular complexity index is 3090. The Morgan fingerprint density at radius 1 is 0.229 bits per heavy atom. The summed E-state index contributed by atoms with van der Waals surface area (Å²) >= 11 is 2.15. The highest BCUT2D eigenvalue weighted by Gasteiger charge is 2.32. The topological polar surface area (TPSA) is 0 Å². The van der Waals surface area contributed by atoms with Gasteiger partial charge in [0, 0.05) is 0 Å². The molecule has 0 heterocycles. The van der Waals surface area contributed by atoms with Crippen LogP contribution in [0.1, 0.15) is 164 Å². The predicted molar refractivity (Wildman–Crippen MR) is 315 cm³/mol. The smallest absolute Gasteiger partial charge is 0.00146 e. The first-order valence-electron chi connectivity index (χ1n) is 25.8. The van der Waals surface area contributed by atoms with Crippen LogP contribution in [0.25, 0.3) is 0 Å². The van der Waals surface area contributed by atoms with Crippen LogP contribution in [0.4, 0.5) is 0 Å². The van der Waals surface area contributed by atoms with E-state index in [1.807, 2.05) is 4.93 Å². The van der Waals surface area contributed by atoms with Crippen molar-refractivity contribution in [2.45, 2.75) is 164 Å². The minimum absolute atomic E-state index is 1.03. The summed E-state index contributed by atoms with van der Waals surface area (Å²) in [6.07, 6.45) is 23.7. The molecule has 0 aromatic heterocycles. The number of hydrogen-bond donors (Lipinski definition) is 0. The highest BCUT2D eigenvalue weighted by atomic mass is 127. The summed E-state index contributed by atoms with van der Waals surface area (Å²) in [5, 5.41) is 0. The van der Waals surface area contributed by atoms with Gasteiger partial charge in [-0.05, 0) is 394 Å². The van der Waals surface area contributed by atoms with Crippen LogP contribution in [0.2, 0.25) is 0 Å². The molecule has 0 saturated carbocycles. The Balaban J connectivity index is 0.000000183. The zero-order valence-corrected chi connectivity index (χ0v) is 49.0. The summed E-state index contributed by atoms with van der Waals surface area (Å²) in [5.41, 5.74) is 52.0. The number of halogens is 1. The minimum Gasteiger partial charge on any atom is -0.0901 e. The van der Waals surface area contributed by atoms with Crippen molar-refractivity contribution in [2.24, 2.45) is 0 Å². The zero-order chi connectivity index (χ0) is 51.3. The van der Waals surface area contributed by atoms with Gasteiger partial charge in [0.2, 0.25) is 0 Å². The number of hydrogen-bond acceptors (Lipinski definition) is 0. The Hall–Kier alpha value is -4.99. The van der Waals surface area contributed by atoms with E-state index in [0.29, 0.717) is 0 Å². The van der Waals surface area contributed by atoms with Gasteiger partial charge < -0.3 is 0 Å². The lowest BCUT2D eigenvalue weighted by molar-refractivity contribution is 1.11. The minimum atomic E-state index is 1.03. The molecule has 0 N–H and O–H groups in total. The SMILES string of the molecule is CC1=C(C)C2=C(C)C3=C(C)C(C)=C(C3)C(C)=C3C=C(C(C)=C3C)C(C)=C3CC(=C(C)C1=C2)C(C)=C3C.CC1=C2C=C3C=C(C=C4CC(=CC5=CC(=CC(=C1C)C2)C(C)=C5C)C(C)=C4C)C(C)=C3C.CI. The van der Waals surface area contributed by atoms with Gasteiger partial charge in [-0.1, -0.05) is 46.9 Å². The second kappa shape index (κ2) is 19.2. The molecule has 362 valence electrons. The third-order valence-electron chi connectivity index (χ3n) is 19.0. The average Bonchev–Trinajstić information content (AvgIpc) is 4.21. The second-order valence-corrected chi connectivity index (χ2v) is 21.9. The molecule has 0 nitrogen and oxygen atoms in total. The molecule has 0 unspecified atom stereocenters. The molecule has 10 rings (SSSR count). The second-order valence-electron chi connectivity index (χ2n) is 21.9. The Labute approximate surface area is 438 Å². The monoisotopic (exact) mass is 1030 g/mol. The molecule has 0 atom stereocenters. The zero-order valence-electron chi connectivity index (χ0n) is 46.8. The Morgan fingerprint density at radius 3 is 0.886 bits per heavy atom. The molecular weight excluding hydrogens is 956 g/mol. The summed E-state index contributed by atoms with van der Waals surface area (Å²) in [7, 11) is 0. The van der Waals surface area contributed by atoms with Gasteiger partial charge in [-0.15, -0.1) is 0 Å². The lowest BCUT2D eigenvalue weighted by Gasteiger charge is -2.13. The summed E-state index contributed by atoms with van der Waals surface area (Å²) in [6.45, 7) is 46.3. The fraction of sp³-hybridized carbons (Fsp3) is 0.362. The first-order valence-corrected chi connectivity index (χ1v) is 28.0.